The van der Waals surface area contributed by atoms with Gasteiger partial charge in [-0.1, -0.05) is 0 Å². The molecule has 1 aromatic carbocycles. The van der Waals surface area contributed by atoms with E-state index in [1.165, 1.54) is 0 Å². The van der Waals surface area contributed by atoms with Crippen LogP contribution in [-0.2, 0) is 4.79 Å². The third-order valence-corrected chi connectivity index (χ3v) is 3.98. The highest BCUT2D eigenvalue weighted by Gasteiger charge is 2.19. The number of nitrogen functional groups attached to an aromatic ring is 1. The summed E-state index contributed by atoms with van der Waals surface area (Å²) >= 11 is 0. The van der Waals surface area contributed by atoms with Crippen molar-refractivity contribution in [2.75, 3.05) is 43.9 Å². The van der Waals surface area contributed by atoms with E-state index < -0.39 is 0 Å². The number of carbonyl (C=O) groups excluding carboxylic acids is 1. The highest BCUT2D eigenvalue weighted by Crippen LogP contribution is 2.28. The summed E-state index contributed by atoms with van der Waals surface area (Å²) in [5, 5.41) is 0.827. The van der Waals surface area contributed by atoms with Gasteiger partial charge in [0.1, 0.15) is 11.6 Å². The number of fused-ring (bicyclic) bond motifs is 1. The third-order valence-electron chi connectivity index (χ3n) is 3.98. The number of rotatable bonds is 3. The van der Waals surface area contributed by atoms with E-state index in [1.807, 2.05) is 24.0 Å². The Morgan fingerprint density at radius 2 is 1.95 bits per heavy atom. The van der Waals surface area contributed by atoms with E-state index in [0.29, 0.717) is 37.9 Å². The molecule has 1 aliphatic rings. The fraction of sp³-hybridized carbons (Fsp3) is 0.400. The number of aryl methyl sites for hydroxylation is 1. The Bertz CT molecular complexity index is 711. The number of hydrogen-bond donors (Lipinski definition) is 1. The highest BCUT2D eigenvalue weighted by atomic mass is 16.5. The maximum atomic E-state index is 10.8. The summed E-state index contributed by atoms with van der Waals surface area (Å²) in [5.41, 5.74) is 7.86. The molecule has 0 atom stereocenters. The SMILES string of the molecule is COc1cc2nc(N3CCN(C=O)CC3)nc(N)c2cc1C. The van der Waals surface area contributed by atoms with Crippen LogP contribution in [0.5, 0.6) is 5.75 Å². The number of carbonyl (C=O) groups is 1. The number of ether oxygens (including phenoxy) is 1. The van der Waals surface area contributed by atoms with E-state index in [2.05, 4.69) is 9.97 Å². The minimum absolute atomic E-state index is 0.462. The Balaban J connectivity index is 1.98. The summed E-state index contributed by atoms with van der Waals surface area (Å²) in [4.78, 5) is 23.6. The fourth-order valence-corrected chi connectivity index (χ4v) is 2.66. The molecule has 0 aliphatic carbocycles. The Morgan fingerprint density at radius 1 is 1.23 bits per heavy atom. The van der Waals surface area contributed by atoms with Crippen LogP contribution < -0.4 is 15.4 Å². The Hall–Kier alpha value is -2.57. The van der Waals surface area contributed by atoms with Gasteiger partial charge in [-0.3, -0.25) is 4.79 Å². The van der Waals surface area contributed by atoms with Gasteiger partial charge < -0.3 is 20.3 Å². The number of hydrogen-bond acceptors (Lipinski definition) is 6. The van der Waals surface area contributed by atoms with Crippen LogP contribution in [0.1, 0.15) is 5.56 Å². The lowest BCUT2D eigenvalue weighted by molar-refractivity contribution is -0.118. The quantitative estimate of drug-likeness (QED) is 0.844. The van der Waals surface area contributed by atoms with Gasteiger partial charge in [-0.25, -0.2) is 4.98 Å². The lowest BCUT2D eigenvalue weighted by Gasteiger charge is -2.32. The van der Waals surface area contributed by atoms with Crippen molar-refractivity contribution < 1.29 is 9.53 Å². The molecule has 2 aromatic rings. The summed E-state index contributed by atoms with van der Waals surface area (Å²) in [6.45, 7) is 4.70. The zero-order chi connectivity index (χ0) is 15.7. The van der Waals surface area contributed by atoms with Crippen molar-refractivity contribution in [3.05, 3.63) is 17.7 Å². The summed E-state index contributed by atoms with van der Waals surface area (Å²) in [7, 11) is 1.64. The second kappa shape index (κ2) is 5.67. The predicted octanol–water partition coefficient (Wildman–Crippen LogP) is 0.807. The molecule has 0 radical (unpaired) electrons. The molecule has 0 spiro atoms. The normalized spacial score (nSPS) is 15.2. The molecule has 0 saturated carbocycles. The molecule has 1 saturated heterocycles. The van der Waals surface area contributed by atoms with E-state index in [1.54, 1.807) is 12.0 Å². The monoisotopic (exact) mass is 301 g/mol. The molecule has 1 aliphatic heterocycles. The average molecular weight is 301 g/mol. The van der Waals surface area contributed by atoms with Gasteiger partial charge in [-0.05, 0) is 18.6 Å². The Kier molecular flexibility index (Phi) is 3.70. The molecule has 3 rings (SSSR count). The minimum atomic E-state index is 0.462. The van der Waals surface area contributed by atoms with Crippen LogP contribution in [-0.4, -0.2) is 54.6 Å². The number of nitrogens with zero attached hydrogens (tertiary/aromatic N) is 4. The summed E-state index contributed by atoms with van der Waals surface area (Å²) in [6.07, 6.45) is 0.876. The molecule has 1 amide bonds. The smallest absolute Gasteiger partial charge is 0.228 e. The number of benzene rings is 1. The number of anilines is 2. The van der Waals surface area contributed by atoms with Crippen molar-refractivity contribution in [3.63, 3.8) is 0 Å². The number of piperazine rings is 1. The first-order valence-corrected chi connectivity index (χ1v) is 7.18. The zero-order valence-corrected chi connectivity index (χ0v) is 12.7. The van der Waals surface area contributed by atoms with Gasteiger partial charge in [0.2, 0.25) is 12.4 Å². The number of methoxy groups -OCH3 is 1. The first-order chi connectivity index (χ1) is 10.6. The summed E-state index contributed by atoms with van der Waals surface area (Å²) in [6, 6.07) is 3.82. The molecule has 2 heterocycles. The van der Waals surface area contributed by atoms with Crippen LogP contribution in [0.2, 0.25) is 0 Å². The Labute approximate surface area is 128 Å². The second-order valence-corrected chi connectivity index (χ2v) is 5.38. The molecule has 7 heteroatoms. The first kappa shape index (κ1) is 14.4. The van der Waals surface area contributed by atoms with Gasteiger partial charge in [-0.2, -0.15) is 4.98 Å². The fourth-order valence-electron chi connectivity index (χ4n) is 2.66. The number of amides is 1. The van der Waals surface area contributed by atoms with Crippen LogP contribution in [0, 0.1) is 6.92 Å². The minimum Gasteiger partial charge on any atom is -0.496 e. The molecule has 116 valence electrons. The topological polar surface area (TPSA) is 84.6 Å². The van der Waals surface area contributed by atoms with Crippen molar-refractivity contribution in [2.45, 2.75) is 6.92 Å². The van der Waals surface area contributed by atoms with Crippen LogP contribution in [0.3, 0.4) is 0 Å². The largest absolute Gasteiger partial charge is 0.496 e. The zero-order valence-electron chi connectivity index (χ0n) is 12.7. The lowest BCUT2D eigenvalue weighted by atomic mass is 10.1. The van der Waals surface area contributed by atoms with Crippen molar-refractivity contribution in [1.29, 1.82) is 0 Å². The number of nitrogens with two attached hydrogens (primary N) is 1. The van der Waals surface area contributed by atoms with Crippen molar-refractivity contribution in [2.24, 2.45) is 0 Å². The van der Waals surface area contributed by atoms with Crippen LogP contribution in [0.4, 0.5) is 11.8 Å². The molecule has 2 N–H and O–H groups in total. The molecule has 0 unspecified atom stereocenters. The lowest BCUT2D eigenvalue weighted by Crippen LogP contribution is -2.46. The predicted molar refractivity (Wildman–Crippen MR) is 85.1 cm³/mol. The molecule has 7 nitrogen and oxygen atoms in total. The third kappa shape index (κ3) is 2.49. The maximum Gasteiger partial charge on any atom is 0.228 e. The van der Waals surface area contributed by atoms with Crippen LogP contribution >= 0.6 is 0 Å². The van der Waals surface area contributed by atoms with E-state index in [4.69, 9.17) is 10.5 Å². The van der Waals surface area contributed by atoms with E-state index >= 15 is 0 Å². The molecule has 1 aromatic heterocycles. The highest BCUT2D eigenvalue weighted by molar-refractivity contribution is 5.90. The standard InChI is InChI=1S/C15H19N5O2/c1-10-7-11-12(8-13(10)22-2)17-15(18-14(11)16)20-5-3-19(9-21)4-6-20/h7-9H,3-6H2,1-2H3,(H2,16,17,18). The molecular formula is C15H19N5O2. The van der Waals surface area contributed by atoms with Crippen molar-refractivity contribution >= 4 is 29.1 Å². The van der Waals surface area contributed by atoms with E-state index in [0.717, 1.165) is 28.6 Å². The average Bonchev–Trinajstić information content (AvgIpc) is 2.55. The molecule has 0 bridgehead atoms. The van der Waals surface area contributed by atoms with Gasteiger partial charge in [0, 0.05) is 37.6 Å². The van der Waals surface area contributed by atoms with Gasteiger partial charge in [0.15, 0.2) is 0 Å². The van der Waals surface area contributed by atoms with Crippen molar-refractivity contribution in [1.82, 2.24) is 14.9 Å². The van der Waals surface area contributed by atoms with E-state index in [-0.39, 0.29) is 0 Å². The first-order valence-electron chi connectivity index (χ1n) is 7.18. The van der Waals surface area contributed by atoms with Gasteiger partial charge in [0.25, 0.3) is 0 Å². The van der Waals surface area contributed by atoms with Crippen molar-refractivity contribution in [3.8, 4) is 5.75 Å². The molecular weight excluding hydrogens is 282 g/mol. The van der Waals surface area contributed by atoms with Gasteiger partial charge >= 0.3 is 0 Å². The second-order valence-electron chi connectivity index (χ2n) is 5.38. The van der Waals surface area contributed by atoms with Crippen LogP contribution in [0.15, 0.2) is 12.1 Å². The molecule has 22 heavy (non-hydrogen) atoms. The number of aromatic nitrogens is 2. The van der Waals surface area contributed by atoms with E-state index in [9.17, 15) is 4.79 Å². The van der Waals surface area contributed by atoms with Gasteiger partial charge in [-0.15, -0.1) is 0 Å². The summed E-state index contributed by atoms with van der Waals surface area (Å²) in [5.74, 6) is 1.84. The Morgan fingerprint density at radius 3 is 2.59 bits per heavy atom. The summed E-state index contributed by atoms with van der Waals surface area (Å²) < 4.78 is 5.35. The van der Waals surface area contributed by atoms with Gasteiger partial charge in [0.05, 0.1) is 12.6 Å². The van der Waals surface area contributed by atoms with Crippen LogP contribution in [0.25, 0.3) is 10.9 Å². The maximum absolute atomic E-state index is 10.8. The molecule has 1 fully saturated rings.